The summed E-state index contributed by atoms with van der Waals surface area (Å²) < 4.78 is 6.50. The molecule has 0 aliphatic rings. The molecular weight excluding hydrogens is 556 g/mol. The summed E-state index contributed by atoms with van der Waals surface area (Å²) in [5, 5.41) is 5.31. The average molecular weight is 579 g/mol. The lowest BCUT2D eigenvalue weighted by Crippen LogP contribution is -2.00. The average Bonchev–Trinajstić information content (AvgIpc) is 3.51. The van der Waals surface area contributed by atoms with Crippen molar-refractivity contribution in [3.8, 4) is 45.4 Å². The first-order valence-electron chi connectivity index (χ1n) is 14.6. The fourth-order valence-corrected chi connectivity index (χ4v) is 6.01. The molecule has 0 atom stereocenters. The van der Waals surface area contributed by atoms with E-state index in [2.05, 4.69) is 52.4 Å². The van der Waals surface area contributed by atoms with Crippen molar-refractivity contribution in [1.29, 1.82) is 0 Å². The maximum absolute atomic E-state index is 6.50. The van der Waals surface area contributed by atoms with Crippen LogP contribution in [0.25, 0.3) is 89.0 Å². The first-order chi connectivity index (χ1) is 22.3. The van der Waals surface area contributed by atoms with Crippen LogP contribution in [0.3, 0.4) is 0 Å². The smallest absolute Gasteiger partial charge is 0.164 e. The molecule has 0 fully saturated rings. The summed E-state index contributed by atoms with van der Waals surface area (Å²) in [4.78, 5) is 28.1. The van der Waals surface area contributed by atoms with Gasteiger partial charge in [0, 0.05) is 74.0 Å². The minimum Gasteiger partial charge on any atom is -0.455 e. The van der Waals surface area contributed by atoms with E-state index < -0.39 is 0 Å². The van der Waals surface area contributed by atoms with Gasteiger partial charge in [-0.3, -0.25) is 9.97 Å². The third-order valence-corrected chi connectivity index (χ3v) is 8.11. The van der Waals surface area contributed by atoms with Crippen LogP contribution in [-0.4, -0.2) is 29.9 Å². The normalized spacial score (nSPS) is 11.6. The van der Waals surface area contributed by atoms with Gasteiger partial charge in [-0.05, 0) is 48.5 Å². The second kappa shape index (κ2) is 10.1. The monoisotopic (exact) mass is 578 g/mol. The van der Waals surface area contributed by atoms with E-state index in [4.69, 9.17) is 24.4 Å². The Hall–Kier alpha value is -6.34. The van der Waals surface area contributed by atoms with E-state index in [1.165, 1.54) is 0 Å². The zero-order valence-corrected chi connectivity index (χ0v) is 23.8. The fraction of sp³-hybridized carbons (Fsp3) is 0. The van der Waals surface area contributed by atoms with Gasteiger partial charge in [-0.2, -0.15) is 0 Å². The van der Waals surface area contributed by atoms with Crippen molar-refractivity contribution >= 4 is 43.6 Å². The van der Waals surface area contributed by atoms with Gasteiger partial charge in [-0.15, -0.1) is 0 Å². The van der Waals surface area contributed by atoms with Crippen molar-refractivity contribution in [3.63, 3.8) is 0 Å². The number of fused-ring (bicyclic) bond motifs is 7. The number of benzene rings is 4. The summed E-state index contributed by atoms with van der Waals surface area (Å²) >= 11 is 0. The largest absolute Gasteiger partial charge is 0.455 e. The summed E-state index contributed by atoms with van der Waals surface area (Å²) in [6.45, 7) is 0. The van der Waals surface area contributed by atoms with Crippen LogP contribution in [0.4, 0.5) is 0 Å². The predicted molar refractivity (Wildman–Crippen MR) is 177 cm³/mol. The predicted octanol–water partition coefficient (Wildman–Crippen LogP) is 8.93. The van der Waals surface area contributed by atoms with Gasteiger partial charge >= 0.3 is 0 Å². The molecule has 4 aromatic carbocycles. The molecule has 0 aliphatic heterocycles. The van der Waals surface area contributed by atoms with E-state index in [-0.39, 0.29) is 0 Å². The summed E-state index contributed by atoms with van der Waals surface area (Å²) in [6, 6.07) is 36.5. The summed E-state index contributed by atoms with van der Waals surface area (Å²) in [7, 11) is 0. The number of hydrogen-bond donors (Lipinski definition) is 0. The van der Waals surface area contributed by atoms with E-state index in [1.54, 1.807) is 24.8 Å². The van der Waals surface area contributed by atoms with Crippen molar-refractivity contribution in [2.75, 3.05) is 0 Å². The Morgan fingerprint density at radius 3 is 1.76 bits per heavy atom. The molecule has 0 radical (unpaired) electrons. The molecule has 7 heteroatoms. The molecule has 7 nitrogen and oxygen atoms in total. The highest BCUT2D eigenvalue weighted by molar-refractivity contribution is 6.24. The molecule has 0 spiro atoms. The quantitative estimate of drug-likeness (QED) is 0.193. The van der Waals surface area contributed by atoms with Gasteiger partial charge in [0.05, 0.1) is 11.2 Å². The van der Waals surface area contributed by atoms with Gasteiger partial charge in [-0.25, -0.2) is 19.9 Å². The van der Waals surface area contributed by atoms with Crippen LogP contribution in [-0.2, 0) is 0 Å². The first kappa shape index (κ1) is 25.2. The van der Waals surface area contributed by atoms with Crippen molar-refractivity contribution < 1.29 is 4.42 Å². The molecule has 0 unspecified atom stereocenters. The molecule has 0 saturated carbocycles. The molecule has 0 aliphatic carbocycles. The van der Waals surface area contributed by atoms with Crippen LogP contribution >= 0.6 is 0 Å². The van der Waals surface area contributed by atoms with Crippen LogP contribution in [0.2, 0.25) is 0 Å². The highest BCUT2D eigenvalue weighted by Gasteiger charge is 2.18. The summed E-state index contributed by atoms with van der Waals surface area (Å²) in [5.74, 6) is 1.71. The van der Waals surface area contributed by atoms with Crippen molar-refractivity contribution in [3.05, 3.63) is 134 Å². The number of nitrogens with zero attached hydrogens (tertiary/aromatic N) is 6. The van der Waals surface area contributed by atoms with Gasteiger partial charge < -0.3 is 4.42 Å². The van der Waals surface area contributed by atoms with Crippen molar-refractivity contribution in [2.24, 2.45) is 0 Å². The van der Waals surface area contributed by atoms with Gasteiger partial charge in [0.15, 0.2) is 17.5 Å². The van der Waals surface area contributed by atoms with E-state index in [0.717, 1.165) is 71.6 Å². The zero-order valence-electron chi connectivity index (χ0n) is 23.8. The molecule has 210 valence electrons. The highest BCUT2D eigenvalue weighted by Crippen LogP contribution is 2.41. The molecule has 0 saturated heterocycles. The van der Waals surface area contributed by atoms with Gasteiger partial charge in [0.1, 0.15) is 11.2 Å². The van der Waals surface area contributed by atoms with Gasteiger partial charge in [0.2, 0.25) is 0 Å². The lowest BCUT2D eigenvalue weighted by atomic mass is 9.97. The Kier molecular flexibility index (Phi) is 5.67. The zero-order chi connectivity index (χ0) is 29.7. The van der Waals surface area contributed by atoms with Crippen LogP contribution < -0.4 is 0 Å². The fourth-order valence-electron chi connectivity index (χ4n) is 6.01. The van der Waals surface area contributed by atoms with Gasteiger partial charge in [0.25, 0.3) is 0 Å². The number of aromatic nitrogens is 6. The third-order valence-electron chi connectivity index (χ3n) is 8.11. The minimum atomic E-state index is 0.565. The first-order valence-corrected chi connectivity index (χ1v) is 14.6. The van der Waals surface area contributed by atoms with Crippen LogP contribution in [0, 0.1) is 0 Å². The third kappa shape index (κ3) is 4.21. The minimum absolute atomic E-state index is 0.565. The Morgan fingerprint density at radius 2 is 1.02 bits per heavy atom. The molecule has 9 aromatic rings. The van der Waals surface area contributed by atoms with Crippen molar-refractivity contribution in [1.82, 2.24) is 29.9 Å². The molecule has 0 N–H and O–H groups in total. The summed E-state index contributed by atoms with van der Waals surface area (Å²) in [5.41, 5.74) is 7.03. The standard InChI is InChI=1S/C38H22N6O/c1-3-10-31-29(9-1)33-30(13-12-28-27-8-2-4-11-32(27)45-35(28)33)34(41-31)25-6-5-7-26(22-25)38-43-36(23-14-18-39-19-15-23)42-37(44-38)24-16-20-40-21-17-24/h1-22H. The number of rotatable bonds is 4. The molecular formula is C38H22N6O. The number of hydrogen-bond acceptors (Lipinski definition) is 7. The molecule has 9 rings (SSSR count). The van der Waals surface area contributed by atoms with Crippen LogP contribution in [0.5, 0.6) is 0 Å². The second-order valence-corrected chi connectivity index (χ2v) is 10.8. The number of para-hydroxylation sites is 2. The Balaban J connectivity index is 1.27. The topological polar surface area (TPSA) is 90.5 Å². The number of pyridine rings is 3. The second-order valence-electron chi connectivity index (χ2n) is 10.8. The lowest BCUT2D eigenvalue weighted by molar-refractivity contribution is 0.673. The maximum atomic E-state index is 6.50. The Bertz CT molecular complexity index is 2490. The summed E-state index contributed by atoms with van der Waals surface area (Å²) in [6.07, 6.45) is 6.95. The molecule has 0 bridgehead atoms. The Labute approximate surface area is 256 Å². The Morgan fingerprint density at radius 1 is 0.422 bits per heavy atom. The SMILES string of the molecule is c1cc(-c2nc(-c3ccncc3)nc(-c3ccncc3)n2)cc(-c2nc3ccccc3c3c2ccc2c4ccccc4oc23)c1. The van der Waals surface area contributed by atoms with E-state index >= 15 is 0 Å². The molecule has 0 amide bonds. The maximum Gasteiger partial charge on any atom is 0.164 e. The van der Waals surface area contributed by atoms with E-state index in [9.17, 15) is 0 Å². The lowest BCUT2D eigenvalue weighted by Gasteiger charge is -2.12. The van der Waals surface area contributed by atoms with E-state index in [1.807, 2.05) is 66.7 Å². The molecule has 45 heavy (non-hydrogen) atoms. The van der Waals surface area contributed by atoms with Crippen LogP contribution in [0.15, 0.2) is 138 Å². The van der Waals surface area contributed by atoms with Crippen LogP contribution in [0.1, 0.15) is 0 Å². The molecule has 5 heterocycles. The molecule has 5 aromatic heterocycles. The highest BCUT2D eigenvalue weighted by atomic mass is 16.3. The van der Waals surface area contributed by atoms with Crippen molar-refractivity contribution in [2.45, 2.75) is 0 Å². The van der Waals surface area contributed by atoms with E-state index in [0.29, 0.717) is 17.5 Å². The van der Waals surface area contributed by atoms with Gasteiger partial charge in [-0.1, -0.05) is 60.7 Å². The number of furan rings is 1.